The van der Waals surface area contributed by atoms with Crippen LogP contribution in [0.25, 0.3) is 0 Å². The molecule has 0 saturated carbocycles. The highest BCUT2D eigenvalue weighted by molar-refractivity contribution is 5.77. The van der Waals surface area contributed by atoms with Gasteiger partial charge < -0.3 is 9.80 Å². The average molecular weight is 265 g/mol. The molecule has 104 valence electrons. The first kappa shape index (κ1) is 13.8. The number of halogens is 1. The largest absolute Gasteiger partial charge is 0.369 e. The summed E-state index contributed by atoms with van der Waals surface area (Å²) in [5.74, 6) is -0.0748. The molecular formula is C14H20FN3O. The zero-order valence-electron chi connectivity index (χ0n) is 11.5. The summed E-state index contributed by atoms with van der Waals surface area (Å²) in [5.41, 5.74) is 1.04. The van der Waals surface area contributed by atoms with E-state index < -0.39 is 0 Å². The molecule has 1 fully saturated rings. The van der Waals surface area contributed by atoms with Crippen LogP contribution in [0.4, 0.5) is 10.1 Å². The Morgan fingerprint density at radius 2 is 1.74 bits per heavy atom. The van der Waals surface area contributed by atoms with Crippen molar-refractivity contribution < 1.29 is 9.18 Å². The molecule has 0 aromatic heterocycles. The van der Waals surface area contributed by atoms with Gasteiger partial charge in [-0.15, -0.1) is 0 Å². The number of benzene rings is 1. The van der Waals surface area contributed by atoms with Crippen molar-refractivity contribution in [3.63, 3.8) is 0 Å². The van der Waals surface area contributed by atoms with Gasteiger partial charge >= 0.3 is 0 Å². The molecule has 0 N–H and O–H groups in total. The second-order valence-corrected chi connectivity index (χ2v) is 5.03. The third-order valence-electron chi connectivity index (χ3n) is 3.42. The summed E-state index contributed by atoms with van der Waals surface area (Å²) in [4.78, 5) is 17.6. The summed E-state index contributed by atoms with van der Waals surface area (Å²) in [5, 5.41) is 0. The SMILES string of the molecule is CN(C)C(=O)CN1CCN(c2ccc(F)cc2)CC1. The van der Waals surface area contributed by atoms with Crippen LogP contribution in [-0.4, -0.2) is 62.5 Å². The van der Waals surface area contributed by atoms with E-state index in [9.17, 15) is 9.18 Å². The Kier molecular flexibility index (Phi) is 4.37. The maximum atomic E-state index is 12.9. The fourth-order valence-electron chi connectivity index (χ4n) is 2.15. The third-order valence-corrected chi connectivity index (χ3v) is 3.42. The molecule has 4 nitrogen and oxygen atoms in total. The molecule has 1 aliphatic heterocycles. The van der Waals surface area contributed by atoms with Crippen molar-refractivity contribution in [1.29, 1.82) is 0 Å². The van der Waals surface area contributed by atoms with E-state index in [4.69, 9.17) is 0 Å². The Morgan fingerprint density at radius 1 is 1.16 bits per heavy atom. The minimum atomic E-state index is -0.209. The molecule has 1 amide bonds. The lowest BCUT2D eigenvalue weighted by Crippen LogP contribution is -2.49. The fraction of sp³-hybridized carbons (Fsp3) is 0.500. The predicted molar refractivity (Wildman–Crippen MR) is 73.7 cm³/mol. The van der Waals surface area contributed by atoms with Crippen LogP contribution in [0, 0.1) is 5.82 Å². The molecule has 0 radical (unpaired) electrons. The number of hydrogen-bond acceptors (Lipinski definition) is 3. The molecular weight excluding hydrogens is 245 g/mol. The van der Waals surface area contributed by atoms with Crippen molar-refractivity contribution in [3.8, 4) is 0 Å². The van der Waals surface area contributed by atoms with Gasteiger partial charge in [-0.25, -0.2) is 4.39 Å². The van der Waals surface area contributed by atoms with E-state index in [1.54, 1.807) is 31.1 Å². The van der Waals surface area contributed by atoms with E-state index in [1.165, 1.54) is 12.1 Å². The van der Waals surface area contributed by atoms with Gasteiger partial charge in [-0.3, -0.25) is 9.69 Å². The lowest BCUT2D eigenvalue weighted by atomic mass is 10.2. The Labute approximate surface area is 113 Å². The second-order valence-electron chi connectivity index (χ2n) is 5.03. The summed E-state index contributed by atoms with van der Waals surface area (Å²) in [6.45, 7) is 3.93. The molecule has 0 spiro atoms. The van der Waals surface area contributed by atoms with Crippen molar-refractivity contribution >= 4 is 11.6 Å². The summed E-state index contributed by atoms with van der Waals surface area (Å²) < 4.78 is 12.9. The highest BCUT2D eigenvalue weighted by atomic mass is 19.1. The topological polar surface area (TPSA) is 26.8 Å². The molecule has 19 heavy (non-hydrogen) atoms. The smallest absolute Gasteiger partial charge is 0.236 e. The van der Waals surface area contributed by atoms with Crippen LogP contribution in [-0.2, 0) is 4.79 Å². The van der Waals surface area contributed by atoms with Crippen LogP contribution in [0.1, 0.15) is 0 Å². The number of likely N-dealkylation sites (N-methyl/N-ethyl adjacent to an activating group) is 1. The predicted octanol–water partition coefficient (Wildman–Crippen LogP) is 1.04. The van der Waals surface area contributed by atoms with E-state index in [-0.39, 0.29) is 11.7 Å². The third kappa shape index (κ3) is 3.67. The monoisotopic (exact) mass is 265 g/mol. The minimum absolute atomic E-state index is 0.134. The van der Waals surface area contributed by atoms with Gasteiger partial charge in [0.2, 0.25) is 5.91 Å². The van der Waals surface area contributed by atoms with Gasteiger partial charge in [0.05, 0.1) is 6.54 Å². The van der Waals surface area contributed by atoms with Gasteiger partial charge in [0, 0.05) is 46.0 Å². The Bertz CT molecular complexity index is 425. The van der Waals surface area contributed by atoms with Crippen molar-refractivity contribution in [3.05, 3.63) is 30.1 Å². The van der Waals surface area contributed by atoms with E-state index in [2.05, 4.69) is 9.80 Å². The van der Waals surface area contributed by atoms with Crippen LogP contribution in [0.2, 0.25) is 0 Å². The van der Waals surface area contributed by atoms with Gasteiger partial charge in [0.15, 0.2) is 0 Å². The number of hydrogen-bond donors (Lipinski definition) is 0. The Balaban J connectivity index is 1.85. The van der Waals surface area contributed by atoms with E-state index in [0.29, 0.717) is 6.54 Å². The zero-order valence-corrected chi connectivity index (χ0v) is 11.5. The molecule has 1 aromatic rings. The van der Waals surface area contributed by atoms with Crippen molar-refractivity contribution in [2.75, 3.05) is 51.7 Å². The van der Waals surface area contributed by atoms with E-state index in [1.807, 2.05) is 0 Å². The number of piperazine rings is 1. The molecule has 0 bridgehead atoms. The number of carbonyl (C=O) groups excluding carboxylic acids is 1. The maximum absolute atomic E-state index is 12.9. The molecule has 0 atom stereocenters. The molecule has 1 saturated heterocycles. The van der Waals surface area contributed by atoms with Gasteiger partial charge in [-0.2, -0.15) is 0 Å². The average Bonchev–Trinajstić information content (AvgIpc) is 2.40. The molecule has 5 heteroatoms. The van der Waals surface area contributed by atoms with Gasteiger partial charge in [0.25, 0.3) is 0 Å². The van der Waals surface area contributed by atoms with Gasteiger partial charge in [0.1, 0.15) is 5.82 Å². The van der Waals surface area contributed by atoms with Gasteiger partial charge in [-0.1, -0.05) is 0 Å². The first-order valence-corrected chi connectivity index (χ1v) is 6.49. The van der Waals surface area contributed by atoms with Crippen molar-refractivity contribution in [1.82, 2.24) is 9.80 Å². The maximum Gasteiger partial charge on any atom is 0.236 e. The lowest BCUT2D eigenvalue weighted by Gasteiger charge is -2.36. The summed E-state index contributed by atoms with van der Waals surface area (Å²) in [6.07, 6.45) is 0. The van der Waals surface area contributed by atoms with E-state index >= 15 is 0 Å². The number of rotatable bonds is 3. The Morgan fingerprint density at radius 3 is 2.26 bits per heavy atom. The highest BCUT2D eigenvalue weighted by Crippen LogP contribution is 2.16. The summed E-state index contributed by atoms with van der Waals surface area (Å²) >= 11 is 0. The molecule has 1 heterocycles. The highest BCUT2D eigenvalue weighted by Gasteiger charge is 2.19. The first-order chi connectivity index (χ1) is 9.06. The quantitative estimate of drug-likeness (QED) is 0.817. The van der Waals surface area contributed by atoms with Gasteiger partial charge in [-0.05, 0) is 24.3 Å². The second kappa shape index (κ2) is 6.02. The van der Waals surface area contributed by atoms with Crippen LogP contribution in [0.5, 0.6) is 0 Å². The normalized spacial score (nSPS) is 16.5. The van der Waals surface area contributed by atoms with Crippen LogP contribution in [0.3, 0.4) is 0 Å². The van der Waals surface area contributed by atoms with Crippen LogP contribution >= 0.6 is 0 Å². The molecule has 0 unspecified atom stereocenters. The zero-order chi connectivity index (χ0) is 13.8. The van der Waals surface area contributed by atoms with E-state index in [0.717, 1.165) is 31.9 Å². The molecule has 1 aliphatic rings. The standard InChI is InChI=1S/C14H20FN3O/c1-16(2)14(19)11-17-7-9-18(10-8-17)13-5-3-12(15)4-6-13/h3-6H,7-11H2,1-2H3. The lowest BCUT2D eigenvalue weighted by molar-refractivity contribution is -0.129. The van der Waals surface area contributed by atoms with Crippen LogP contribution < -0.4 is 4.90 Å². The van der Waals surface area contributed by atoms with Crippen molar-refractivity contribution in [2.24, 2.45) is 0 Å². The Hall–Kier alpha value is -1.62. The van der Waals surface area contributed by atoms with Crippen LogP contribution in [0.15, 0.2) is 24.3 Å². The van der Waals surface area contributed by atoms with Crippen molar-refractivity contribution in [2.45, 2.75) is 0 Å². The molecule has 2 rings (SSSR count). The summed E-state index contributed by atoms with van der Waals surface area (Å²) in [7, 11) is 3.55. The minimum Gasteiger partial charge on any atom is -0.369 e. The number of anilines is 1. The summed E-state index contributed by atoms with van der Waals surface area (Å²) in [6, 6.07) is 6.57. The molecule has 1 aromatic carbocycles. The fourth-order valence-corrected chi connectivity index (χ4v) is 2.15. The number of amides is 1. The first-order valence-electron chi connectivity index (χ1n) is 6.49. The number of carbonyl (C=O) groups is 1. The number of nitrogens with zero attached hydrogens (tertiary/aromatic N) is 3. The molecule has 0 aliphatic carbocycles.